The van der Waals surface area contributed by atoms with Crippen LogP contribution in [0.15, 0.2) is 40.4 Å². The molecule has 2 rings (SSSR count). The van der Waals surface area contributed by atoms with E-state index in [4.69, 9.17) is 5.73 Å². The molecule has 1 aromatic carbocycles. The minimum absolute atomic E-state index is 0.258. The van der Waals surface area contributed by atoms with Gasteiger partial charge in [0, 0.05) is 10.5 Å². The Kier molecular flexibility index (Phi) is 4.81. The molecule has 92 valence electrons. The van der Waals surface area contributed by atoms with Crippen molar-refractivity contribution in [1.29, 1.82) is 0 Å². The predicted molar refractivity (Wildman–Crippen MR) is 77.0 cm³/mol. The maximum absolute atomic E-state index is 6.23. The van der Waals surface area contributed by atoms with E-state index in [0.29, 0.717) is 0 Å². The molecule has 1 nitrogen and oxygen atoms in total. The lowest BCUT2D eigenvalue weighted by Gasteiger charge is -2.17. The van der Waals surface area contributed by atoms with E-state index < -0.39 is 0 Å². The Balaban J connectivity index is 1.88. The minimum Gasteiger partial charge on any atom is -0.327 e. The number of hydrogen-bond acceptors (Lipinski definition) is 1. The quantitative estimate of drug-likeness (QED) is 0.827. The Labute approximate surface area is 112 Å². The summed E-state index contributed by atoms with van der Waals surface area (Å²) in [6.45, 7) is 0. The maximum Gasteiger partial charge on any atom is 0.0178 e. The Morgan fingerprint density at radius 1 is 1.24 bits per heavy atom. The lowest BCUT2D eigenvalue weighted by molar-refractivity contribution is 0.605. The average molecular weight is 294 g/mol. The average Bonchev–Trinajstić information content (AvgIpc) is 2.30. The monoisotopic (exact) mass is 293 g/mol. The minimum atomic E-state index is 0.258. The van der Waals surface area contributed by atoms with Gasteiger partial charge in [-0.1, -0.05) is 39.7 Å². The largest absolute Gasteiger partial charge is 0.327 e. The van der Waals surface area contributed by atoms with Gasteiger partial charge in [0.05, 0.1) is 0 Å². The molecule has 0 radical (unpaired) electrons. The van der Waals surface area contributed by atoms with Gasteiger partial charge in [0.2, 0.25) is 0 Å². The standard InChI is InChI=1S/C15H20BrN/c16-14-8-4-7-13(9-14)11-15(17)10-12-5-2-1-3-6-12/h4-5,7-9,15H,1-3,6,10-11,17H2. The lowest BCUT2D eigenvalue weighted by Crippen LogP contribution is -2.23. The third kappa shape index (κ3) is 4.29. The van der Waals surface area contributed by atoms with Crippen LogP contribution in [0.4, 0.5) is 0 Å². The number of allylic oxidation sites excluding steroid dienone is 1. The zero-order chi connectivity index (χ0) is 12.1. The van der Waals surface area contributed by atoms with Gasteiger partial charge in [0.15, 0.2) is 0 Å². The molecule has 1 aliphatic carbocycles. The maximum atomic E-state index is 6.23. The Bertz CT molecular complexity index is 398. The first-order valence-electron chi connectivity index (χ1n) is 6.42. The summed E-state index contributed by atoms with van der Waals surface area (Å²) < 4.78 is 1.14. The molecule has 0 saturated carbocycles. The van der Waals surface area contributed by atoms with Crippen LogP contribution in [-0.2, 0) is 6.42 Å². The van der Waals surface area contributed by atoms with Gasteiger partial charge >= 0.3 is 0 Å². The zero-order valence-electron chi connectivity index (χ0n) is 10.2. The van der Waals surface area contributed by atoms with E-state index in [1.54, 1.807) is 5.57 Å². The summed E-state index contributed by atoms with van der Waals surface area (Å²) in [5.74, 6) is 0. The Morgan fingerprint density at radius 2 is 2.12 bits per heavy atom. The number of nitrogens with two attached hydrogens (primary N) is 1. The fourth-order valence-electron chi connectivity index (χ4n) is 2.47. The Morgan fingerprint density at radius 3 is 2.82 bits per heavy atom. The molecular formula is C15H20BrN. The van der Waals surface area contributed by atoms with Crippen LogP contribution in [0.1, 0.15) is 37.7 Å². The molecule has 0 spiro atoms. The highest BCUT2D eigenvalue weighted by Gasteiger charge is 2.10. The normalized spacial score (nSPS) is 17.6. The van der Waals surface area contributed by atoms with E-state index in [1.807, 2.05) is 0 Å². The molecule has 0 aliphatic heterocycles. The molecule has 1 aromatic rings. The molecule has 0 amide bonds. The second-order valence-corrected chi connectivity index (χ2v) is 5.82. The number of halogens is 1. The van der Waals surface area contributed by atoms with Crippen molar-refractivity contribution < 1.29 is 0 Å². The summed E-state index contributed by atoms with van der Waals surface area (Å²) in [6, 6.07) is 8.70. The summed E-state index contributed by atoms with van der Waals surface area (Å²) in [5.41, 5.74) is 9.12. The zero-order valence-corrected chi connectivity index (χ0v) is 11.7. The van der Waals surface area contributed by atoms with Crippen molar-refractivity contribution in [3.63, 3.8) is 0 Å². The van der Waals surface area contributed by atoms with E-state index in [2.05, 4.69) is 46.3 Å². The topological polar surface area (TPSA) is 26.0 Å². The van der Waals surface area contributed by atoms with Crippen LogP contribution in [0.5, 0.6) is 0 Å². The predicted octanol–water partition coefficient (Wildman–Crippen LogP) is 4.21. The first kappa shape index (κ1) is 12.8. The molecule has 0 aromatic heterocycles. The van der Waals surface area contributed by atoms with Crippen molar-refractivity contribution in [2.24, 2.45) is 5.73 Å². The second-order valence-electron chi connectivity index (χ2n) is 4.91. The van der Waals surface area contributed by atoms with Crippen molar-refractivity contribution in [3.05, 3.63) is 46.0 Å². The van der Waals surface area contributed by atoms with Gasteiger partial charge in [-0.15, -0.1) is 0 Å². The fraction of sp³-hybridized carbons (Fsp3) is 0.467. The highest BCUT2D eigenvalue weighted by Crippen LogP contribution is 2.22. The fourth-order valence-corrected chi connectivity index (χ4v) is 2.91. The molecule has 1 atom stereocenters. The van der Waals surface area contributed by atoms with Gasteiger partial charge in [-0.25, -0.2) is 0 Å². The summed E-state index contributed by atoms with van der Waals surface area (Å²) in [4.78, 5) is 0. The van der Waals surface area contributed by atoms with Gasteiger partial charge in [0.25, 0.3) is 0 Å². The highest BCUT2D eigenvalue weighted by atomic mass is 79.9. The van der Waals surface area contributed by atoms with Gasteiger partial charge in [0.1, 0.15) is 0 Å². The molecule has 2 N–H and O–H groups in total. The highest BCUT2D eigenvalue weighted by molar-refractivity contribution is 9.10. The van der Waals surface area contributed by atoms with E-state index in [0.717, 1.165) is 17.3 Å². The Hall–Kier alpha value is -0.600. The number of hydrogen-bond donors (Lipinski definition) is 1. The molecule has 1 aliphatic rings. The van der Waals surface area contributed by atoms with Crippen molar-refractivity contribution in [2.75, 3.05) is 0 Å². The van der Waals surface area contributed by atoms with Crippen LogP contribution in [-0.4, -0.2) is 6.04 Å². The van der Waals surface area contributed by atoms with Crippen LogP contribution in [0, 0.1) is 0 Å². The second kappa shape index (κ2) is 6.36. The molecule has 0 bridgehead atoms. The van der Waals surface area contributed by atoms with Crippen molar-refractivity contribution in [2.45, 2.75) is 44.6 Å². The van der Waals surface area contributed by atoms with Gasteiger partial charge in [-0.2, -0.15) is 0 Å². The summed E-state index contributed by atoms with van der Waals surface area (Å²) >= 11 is 3.50. The molecule has 0 heterocycles. The van der Waals surface area contributed by atoms with Gasteiger partial charge in [-0.05, 0) is 56.2 Å². The van der Waals surface area contributed by atoms with E-state index >= 15 is 0 Å². The molecule has 17 heavy (non-hydrogen) atoms. The van der Waals surface area contributed by atoms with Crippen LogP contribution >= 0.6 is 15.9 Å². The van der Waals surface area contributed by atoms with Crippen LogP contribution < -0.4 is 5.73 Å². The number of rotatable bonds is 4. The number of benzene rings is 1. The van der Waals surface area contributed by atoms with Crippen LogP contribution in [0.2, 0.25) is 0 Å². The molecular weight excluding hydrogens is 274 g/mol. The third-order valence-corrected chi connectivity index (χ3v) is 3.79. The first-order valence-corrected chi connectivity index (χ1v) is 7.21. The van der Waals surface area contributed by atoms with E-state index in [1.165, 1.54) is 31.2 Å². The van der Waals surface area contributed by atoms with Crippen molar-refractivity contribution >= 4 is 15.9 Å². The van der Waals surface area contributed by atoms with Crippen molar-refractivity contribution in [3.8, 4) is 0 Å². The molecule has 0 fully saturated rings. The summed E-state index contributed by atoms with van der Waals surface area (Å²) in [7, 11) is 0. The lowest BCUT2D eigenvalue weighted by atomic mass is 9.92. The summed E-state index contributed by atoms with van der Waals surface area (Å²) in [6.07, 6.45) is 9.62. The van der Waals surface area contributed by atoms with Crippen LogP contribution in [0.3, 0.4) is 0 Å². The first-order chi connectivity index (χ1) is 8.24. The van der Waals surface area contributed by atoms with Gasteiger partial charge < -0.3 is 5.73 Å². The SMILES string of the molecule is NC(CC1=CCCCC1)Cc1cccc(Br)c1. The van der Waals surface area contributed by atoms with Gasteiger partial charge in [-0.3, -0.25) is 0 Å². The van der Waals surface area contributed by atoms with Crippen LogP contribution in [0.25, 0.3) is 0 Å². The van der Waals surface area contributed by atoms with E-state index in [-0.39, 0.29) is 6.04 Å². The molecule has 0 saturated heterocycles. The van der Waals surface area contributed by atoms with Crippen molar-refractivity contribution in [1.82, 2.24) is 0 Å². The third-order valence-electron chi connectivity index (χ3n) is 3.30. The molecule has 2 heteroatoms. The van der Waals surface area contributed by atoms with E-state index in [9.17, 15) is 0 Å². The molecule has 1 unspecified atom stereocenters. The smallest absolute Gasteiger partial charge is 0.0178 e. The summed E-state index contributed by atoms with van der Waals surface area (Å²) in [5, 5.41) is 0.